The molecule has 5 nitrogen and oxygen atoms in total. The van der Waals surface area contributed by atoms with Gasteiger partial charge in [0.1, 0.15) is 0 Å². The highest BCUT2D eigenvalue weighted by atomic mass is 16.2. The zero-order valence-corrected chi connectivity index (χ0v) is 16.2. The minimum atomic E-state index is -0.180. The van der Waals surface area contributed by atoms with Gasteiger partial charge in [-0.3, -0.25) is 4.79 Å². The molecular formula is C22H31N3O2. The number of rotatable bonds is 6. The molecule has 27 heavy (non-hydrogen) atoms. The van der Waals surface area contributed by atoms with Crippen LogP contribution in [0.2, 0.25) is 0 Å². The van der Waals surface area contributed by atoms with Crippen molar-refractivity contribution in [3.63, 3.8) is 0 Å². The molecule has 3 fully saturated rings. The molecule has 1 saturated heterocycles. The monoisotopic (exact) mass is 369 g/mol. The van der Waals surface area contributed by atoms with E-state index in [9.17, 15) is 9.59 Å². The molecular weight excluding hydrogens is 338 g/mol. The van der Waals surface area contributed by atoms with Crippen LogP contribution in [0.1, 0.15) is 57.1 Å². The van der Waals surface area contributed by atoms with Crippen molar-refractivity contribution in [2.75, 3.05) is 13.1 Å². The van der Waals surface area contributed by atoms with Gasteiger partial charge >= 0.3 is 6.03 Å². The number of benzene rings is 1. The first kappa shape index (κ1) is 18.3. The Morgan fingerprint density at radius 1 is 1.19 bits per heavy atom. The number of amides is 3. The van der Waals surface area contributed by atoms with Crippen LogP contribution in [-0.4, -0.2) is 36.0 Å². The molecule has 2 bridgehead atoms. The van der Waals surface area contributed by atoms with Crippen molar-refractivity contribution in [2.24, 2.45) is 17.8 Å². The Morgan fingerprint density at radius 3 is 2.63 bits per heavy atom. The van der Waals surface area contributed by atoms with Gasteiger partial charge in [-0.15, -0.1) is 0 Å². The number of nitrogens with zero attached hydrogens (tertiary/aromatic N) is 1. The van der Waals surface area contributed by atoms with Crippen molar-refractivity contribution in [2.45, 2.75) is 57.5 Å². The fraction of sp³-hybridized carbons (Fsp3) is 0.636. The van der Waals surface area contributed by atoms with Crippen LogP contribution in [0.15, 0.2) is 30.3 Å². The number of nitrogens with one attached hydrogen (secondary N) is 2. The summed E-state index contributed by atoms with van der Waals surface area (Å²) in [6, 6.07) is 9.86. The average molecular weight is 370 g/mol. The van der Waals surface area contributed by atoms with Gasteiger partial charge in [0.05, 0.1) is 6.04 Å². The van der Waals surface area contributed by atoms with E-state index in [1.54, 1.807) is 0 Å². The molecule has 5 heteroatoms. The number of urea groups is 1. The maximum absolute atomic E-state index is 12.7. The van der Waals surface area contributed by atoms with E-state index in [0.717, 1.165) is 30.4 Å². The number of carbonyl (C=O) groups is 2. The van der Waals surface area contributed by atoms with Crippen molar-refractivity contribution in [1.29, 1.82) is 0 Å². The second-order valence-electron chi connectivity index (χ2n) is 8.65. The first-order valence-corrected chi connectivity index (χ1v) is 10.5. The van der Waals surface area contributed by atoms with Crippen molar-refractivity contribution in [3.8, 4) is 0 Å². The summed E-state index contributed by atoms with van der Waals surface area (Å²) in [5, 5.41) is 6.32. The molecule has 0 radical (unpaired) electrons. The third-order valence-electron chi connectivity index (χ3n) is 6.88. The number of carbonyl (C=O) groups excluding carboxylic acids is 2. The van der Waals surface area contributed by atoms with Gasteiger partial charge in [-0.2, -0.15) is 0 Å². The highest BCUT2D eigenvalue weighted by molar-refractivity contribution is 5.78. The molecule has 4 rings (SSSR count). The third-order valence-corrected chi connectivity index (χ3v) is 6.88. The SMILES string of the molecule is CC(NC(=O)NC(CN1CCCC1=O)c1ccccc1)C1CC2CCC1C2. The van der Waals surface area contributed by atoms with Gasteiger partial charge in [0.25, 0.3) is 0 Å². The van der Waals surface area contributed by atoms with Crippen LogP contribution in [-0.2, 0) is 4.79 Å². The summed E-state index contributed by atoms with van der Waals surface area (Å²) >= 11 is 0. The van der Waals surface area contributed by atoms with Crippen LogP contribution in [0, 0.1) is 17.8 Å². The number of hydrogen-bond acceptors (Lipinski definition) is 2. The van der Waals surface area contributed by atoms with Crippen LogP contribution >= 0.6 is 0 Å². The lowest BCUT2D eigenvalue weighted by Crippen LogP contribution is -2.48. The number of fused-ring (bicyclic) bond motifs is 2. The first-order chi connectivity index (χ1) is 13.1. The lowest BCUT2D eigenvalue weighted by Gasteiger charge is -2.30. The molecule has 1 aromatic carbocycles. The molecule has 1 aromatic rings. The standard InChI is InChI=1S/C22H31N3O2/c1-15(19-13-16-9-10-18(19)12-16)23-22(27)24-20(17-6-3-2-4-7-17)14-25-11-5-8-21(25)26/h2-4,6-7,15-16,18-20H,5,8-14H2,1H3,(H2,23,24,27). The molecule has 5 atom stereocenters. The Morgan fingerprint density at radius 2 is 2.00 bits per heavy atom. The van der Waals surface area contributed by atoms with Crippen molar-refractivity contribution >= 4 is 11.9 Å². The molecule has 3 amide bonds. The fourth-order valence-electron chi connectivity index (χ4n) is 5.46. The molecule has 0 spiro atoms. The van der Waals surface area contributed by atoms with Crippen LogP contribution in [0.5, 0.6) is 0 Å². The fourth-order valence-corrected chi connectivity index (χ4v) is 5.46. The van der Waals surface area contributed by atoms with Crippen LogP contribution in [0.3, 0.4) is 0 Å². The highest BCUT2D eigenvalue weighted by Crippen LogP contribution is 2.49. The summed E-state index contributed by atoms with van der Waals surface area (Å²) in [5.41, 5.74) is 1.04. The van der Waals surface area contributed by atoms with Crippen LogP contribution in [0.25, 0.3) is 0 Å². The van der Waals surface area contributed by atoms with E-state index in [1.807, 2.05) is 35.2 Å². The summed E-state index contributed by atoms with van der Waals surface area (Å²) < 4.78 is 0. The molecule has 3 aliphatic rings. The van der Waals surface area contributed by atoms with Gasteiger partial charge in [0.2, 0.25) is 5.91 Å². The minimum Gasteiger partial charge on any atom is -0.340 e. The quantitative estimate of drug-likeness (QED) is 0.806. The van der Waals surface area contributed by atoms with E-state index in [-0.39, 0.29) is 24.0 Å². The molecule has 2 N–H and O–H groups in total. The maximum atomic E-state index is 12.7. The van der Waals surface area contributed by atoms with E-state index >= 15 is 0 Å². The van der Waals surface area contributed by atoms with E-state index in [4.69, 9.17) is 0 Å². The Balaban J connectivity index is 1.38. The molecule has 1 aliphatic heterocycles. The van der Waals surface area contributed by atoms with Gasteiger partial charge in [-0.25, -0.2) is 4.79 Å². The van der Waals surface area contributed by atoms with E-state index in [1.165, 1.54) is 25.7 Å². The molecule has 1 heterocycles. The van der Waals surface area contributed by atoms with Gasteiger partial charge in [-0.05, 0) is 55.9 Å². The van der Waals surface area contributed by atoms with Gasteiger partial charge in [0.15, 0.2) is 0 Å². The average Bonchev–Trinajstić information content (AvgIpc) is 3.39. The van der Waals surface area contributed by atoms with Crippen molar-refractivity contribution < 1.29 is 9.59 Å². The summed E-state index contributed by atoms with van der Waals surface area (Å²) in [5.74, 6) is 2.47. The van der Waals surface area contributed by atoms with E-state index in [2.05, 4.69) is 17.6 Å². The molecule has 5 unspecified atom stereocenters. The normalized spacial score (nSPS) is 29.0. The Bertz CT molecular complexity index is 677. The summed E-state index contributed by atoms with van der Waals surface area (Å²) in [6.07, 6.45) is 6.84. The lowest BCUT2D eigenvalue weighted by atomic mass is 9.84. The molecule has 2 aliphatic carbocycles. The Kier molecular flexibility index (Phi) is 5.37. The van der Waals surface area contributed by atoms with Crippen LogP contribution in [0.4, 0.5) is 4.79 Å². The zero-order chi connectivity index (χ0) is 18.8. The first-order valence-electron chi connectivity index (χ1n) is 10.5. The molecule has 0 aromatic heterocycles. The lowest BCUT2D eigenvalue weighted by molar-refractivity contribution is -0.128. The number of hydrogen-bond donors (Lipinski definition) is 2. The Hall–Kier alpha value is -2.04. The van der Waals surface area contributed by atoms with Crippen LogP contribution < -0.4 is 10.6 Å². The topological polar surface area (TPSA) is 61.4 Å². The maximum Gasteiger partial charge on any atom is 0.315 e. The second kappa shape index (κ2) is 7.91. The largest absolute Gasteiger partial charge is 0.340 e. The van der Waals surface area contributed by atoms with Gasteiger partial charge in [-0.1, -0.05) is 36.8 Å². The third kappa shape index (κ3) is 4.12. The summed E-state index contributed by atoms with van der Waals surface area (Å²) in [7, 11) is 0. The van der Waals surface area contributed by atoms with Gasteiger partial charge < -0.3 is 15.5 Å². The Labute approximate surface area is 161 Å². The highest BCUT2D eigenvalue weighted by Gasteiger charge is 2.42. The van der Waals surface area contributed by atoms with Gasteiger partial charge in [0, 0.05) is 25.6 Å². The predicted molar refractivity (Wildman–Crippen MR) is 105 cm³/mol. The van der Waals surface area contributed by atoms with Crippen molar-refractivity contribution in [3.05, 3.63) is 35.9 Å². The minimum absolute atomic E-state index is 0.120. The number of likely N-dealkylation sites (tertiary alicyclic amines) is 1. The summed E-state index contributed by atoms with van der Waals surface area (Å²) in [6.45, 7) is 3.47. The smallest absolute Gasteiger partial charge is 0.315 e. The second-order valence-corrected chi connectivity index (χ2v) is 8.65. The van der Waals surface area contributed by atoms with E-state index in [0.29, 0.717) is 18.9 Å². The van der Waals surface area contributed by atoms with Crippen molar-refractivity contribution in [1.82, 2.24) is 15.5 Å². The molecule has 146 valence electrons. The van der Waals surface area contributed by atoms with E-state index < -0.39 is 0 Å². The predicted octanol–water partition coefficient (Wildman–Crippen LogP) is 3.47. The molecule has 2 saturated carbocycles. The zero-order valence-electron chi connectivity index (χ0n) is 16.2. The summed E-state index contributed by atoms with van der Waals surface area (Å²) in [4.78, 5) is 26.7.